The summed E-state index contributed by atoms with van der Waals surface area (Å²) in [5.41, 5.74) is 4.01. The van der Waals surface area contributed by atoms with E-state index in [1.165, 1.54) is 10.5 Å². The van der Waals surface area contributed by atoms with Crippen molar-refractivity contribution < 1.29 is 4.90 Å². The van der Waals surface area contributed by atoms with Crippen molar-refractivity contribution in [2.75, 3.05) is 6.54 Å². The molecule has 0 bridgehead atoms. The van der Waals surface area contributed by atoms with Crippen molar-refractivity contribution in [3.63, 3.8) is 0 Å². The molecule has 8 heteroatoms. The summed E-state index contributed by atoms with van der Waals surface area (Å²) in [5, 5.41) is 5.12. The summed E-state index contributed by atoms with van der Waals surface area (Å²) in [6.07, 6.45) is 1.77. The molecule has 4 rings (SSSR count). The monoisotopic (exact) mass is 421 g/mol. The molecule has 0 aliphatic rings. The first-order valence-electron chi connectivity index (χ1n) is 10.00. The molecule has 2 aromatic carbocycles. The summed E-state index contributed by atoms with van der Waals surface area (Å²) in [5.74, 6) is 0.663. The Morgan fingerprint density at radius 1 is 1.17 bits per heavy atom. The lowest BCUT2D eigenvalue weighted by Gasteiger charge is -2.17. The Labute approximate surface area is 179 Å². The molecule has 7 nitrogen and oxygen atoms in total. The molecule has 2 heterocycles. The van der Waals surface area contributed by atoms with Gasteiger partial charge in [0, 0.05) is 0 Å². The van der Waals surface area contributed by atoms with E-state index in [9.17, 15) is 4.79 Å². The van der Waals surface area contributed by atoms with Crippen LogP contribution in [0.15, 0.2) is 53.6 Å². The van der Waals surface area contributed by atoms with Crippen LogP contribution in [0.25, 0.3) is 16.6 Å². The number of nitrogens with zero attached hydrogens (tertiary/aromatic N) is 4. The van der Waals surface area contributed by atoms with Gasteiger partial charge in [-0.05, 0) is 56.8 Å². The van der Waals surface area contributed by atoms with Crippen LogP contribution in [0, 0.1) is 18.6 Å². The molecule has 4 aromatic rings. The lowest BCUT2D eigenvalue weighted by molar-refractivity contribution is -0.935. The van der Waals surface area contributed by atoms with E-state index >= 15 is 0 Å². The molecule has 0 saturated carbocycles. The number of benzene rings is 2. The highest BCUT2D eigenvalue weighted by atomic mass is 32.1. The Bertz CT molecular complexity index is 1320. The summed E-state index contributed by atoms with van der Waals surface area (Å²) >= 11 is 5.69. The van der Waals surface area contributed by atoms with Crippen molar-refractivity contribution in [3.8, 4) is 5.69 Å². The second kappa shape index (κ2) is 8.33. The van der Waals surface area contributed by atoms with Crippen molar-refractivity contribution in [2.45, 2.75) is 34.0 Å². The van der Waals surface area contributed by atoms with E-state index in [0.717, 1.165) is 17.8 Å². The minimum Gasteiger partial charge on any atom is -0.310 e. The summed E-state index contributed by atoms with van der Waals surface area (Å²) in [6, 6.07) is 13.7. The minimum absolute atomic E-state index is 0.109. The van der Waals surface area contributed by atoms with Gasteiger partial charge in [0.25, 0.3) is 5.56 Å². The highest BCUT2D eigenvalue weighted by molar-refractivity contribution is 7.71. The predicted molar refractivity (Wildman–Crippen MR) is 119 cm³/mol. The smallest absolute Gasteiger partial charge is 0.258 e. The molecular formula is C22H25N6OS+. The molecule has 0 aliphatic heterocycles. The van der Waals surface area contributed by atoms with Gasteiger partial charge in [-0.3, -0.25) is 9.36 Å². The zero-order valence-corrected chi connectivity index (χ0v) is 18.2. The molecule has 1 atom stereocenters. The van der Waals surface area contributed by atoms with Gasteiger partial charge in [0.1, 0.15) is 12.9 Å². The number of hydrogen-bond acceptors (Lipinski definition) is 4. The second-order valence-electron chi connectivity index (χ2n) is 7.54. The van der Waals surface area contributed by atoms with E-state index in [1.807, 2.05) is 27.4 Å². The average molecular weight is 422 g/mol. The number of quaternary nitrogens is 1. The van der Waals surface area contributed by atoms with Gasteiger partial charge in [-0.15, -0.1) is 0 Å². The third kappa shape index (κ3) is 3.96. The molecular weight excluding hydrogens is 396 g/mol. The van der Waals surface area contributed by atoms with Gasteiger partial charge in [-0.2, -0.15) is 9.78 Å². The van der Waals surface area contributed by atoms with Gasteiger partial charge in [0.05, 0.1) is 23.1 Å². The maximum Gasteiger partial charge on any atom is 0.258 e. The summed E-state index contributed by atoms with van der Waals surface area (Å²) in [6.45, 7) is 8.26. The van der Waals surface area contributed by atoms with Crippen molar-refractivity contribution in [2.24, 2.45) is 0 Å². The van der Waals surface area contributed by atoms with Crippen LogP contribution in [0.3, 0.4) is 0 Å². The number of aryl methyl sites for hydroxylation is 2. The highest BCUT2D eigenvalue weighted by Gasteiger charge is 2.14. The number of para-hydroxylation sites is 1. The molecule has 30 heavy (non-hydrogen) atoms. The van der Waals surface area contributed by atoms with Gasteiger partial charge in [0.2, 0.25) is 4.77 Å². The normalized spacial score (nSPS) is 12.4. The first kappa shape index (κ1) is 20.2. The lowest BCUT2D eigenvalue weighted by atomic mass is 10.1. The molecule has 0 saturated heterocycles. The molecule has 154 valence electrons. The molecule has 0 spiro atoms. The molecule has 2 N–H and O–H groups in total. The highest BCUT2D eigenvalue weighted by Crippen LogP contribution is 2.15. The SMILES string of the molecule is CC[NH+](Cc1nc2ccccc2c(=O)[nH]1)Cn1ncn(-c2ccc(C)cc2C)c1=S. The van der Waals surface area contributed by atoms with E-state index in [1.54, 1.807) is 12.4 Å². The van der Waals surface area contributed by atoms with Crippen LogP contribution in [-0.2, 0) is 13.2 Å². The van der Waals surface area contributed by atoms with Crippen LogP contribution in [0.2, 0.25) is 0 Å². The Hall–Kier alpha value is -3.10. The van der Waals surface area contributed by atoms with Gasteiger partial charge >= 0.3 is 0 Å². The zero-order chi connectivity index (χ0) is 21.3. The molecule has 1 unspecified atom stereocenters. The summed E-state index contributed by atoms with van der Waals surface area (Å²) in [4.78, 5) is 21.1. The number of aromatic nitrogens is 5. The third-order valence-corrected chi connectivity index (χ3v) is 5.71. The quantitative estimate of drug-likeness (QED) is 0.469. The Morgan fingerprint density at radius 2 is 1.97 bits per heavy atom. The molecule has 0 radical (unpaired) electrons. The van der Waals surface area contributed by atoms with Gasteiger partial charge in [-0.25, -0.2) is 4.98 Å². The van der Waals surface area contributed by atoms with E-state index < -0.39 is 0 Å². The van der Waals surface area contributed by atoms with Crippen molar-refractivity contribution >= 4 is 23.1 Å². The van der Waals surface area contributed by atoms with Crippen molar-refractivity contribution in [1.82, 2.24) is 24.3 Å². The van der Waals surface area contributed by atoms with Gasteiger partial charge in [0.15, 0.2) is 12.5 Å². The Morgan fingerprint density at radius 3 is 2.73 bits per heavy atom. The number of nitrogens with one attached hydrogen (secondary N) is 2. The van der Waals surface area contributed by atoms with Crippen LogP contribution in [0.5, 0.6) is 0 Å². The summed E-state index contributed by atoms with van der Waals surface area (Å²) in [7, 11) is 0. The first-order chi connectivity index (χ1) is 14.5. The van der Waals surface area contributed by atoms with Crippen LogP contribution >= 0.6 is 12.2 Å². The second-order valence-corrected chi connectivity index (χ2v) is 7.91. The fourth-order valence-corrected chi connectivity index (χ4v) is 3.90. The van der Waals surface area contributed by atoms with E-state index in [-0.39, 0.29) is 5.56 Å². The number of hydrogen-bond donors (Lipinski definition) is 2. The van der Waals surface area contributed by atoms with Crippen molar-refractivity contribution in [3.05, 3.63) is 80.9 Å². The fourth-order valence-electron chi connectivity index (χ4n) is 3.65. The number of H-pyrrole nitrogens is 1. The van der Waals surface area contributed by atoms with E-state index in [2.05, 4.69) is 54.0 Å². The zero-order valence-electron chi connectivity index (χ0n) is 17.3. The molecule has 0 fully saturated rings. The van der Waals surface area contributed by atoms with E-state index in [0.29, 0.717) is 34.7 Å². The number of aromatic amines is 1. The van der Waals surface area contributed by atoms with Gasteiger partial charge in [-0.1, -0.05) is 29.8 Å². The topological polar surface area (TPSA) is 72.9 Å². The minimum atomic E-state index is -0.109. The van der Waals surface area contributed by atoms with Crippen LogP contribution in [0.4, 0.5) is 0 Å². The summed E-state index contributed by atoms with van der Waals surface area (Å²) < 4.78 is 4.41. The Kier molecular flexibility index (Phi) is 5.61. The molecule has 2 aromatic heterocycles. The number of fused-ring (bicyclic) bond motifs is 1. The van der Waals surface area contributed by atoms with Crippen molar-refractivity contribution in [1.29, 1.82) is 0 Å². The van der Waals surface area contributed by atoms with Gasteiger partial charge < -0.3 is 9.88 Å². The van der Waals surface area contributed by atoms with Crippen LogP contribution in [-0.4, -0.2) is 30.9 Å². The Balaban J connectivity index is 1.58. The van der Waals surface area contributed by atoms with Crippen LogP contribution in [0.1, 0.15) is 23.9 Å². The average Bonchev–Trinajstić information content (AvgIpc) is 3.07. The number of rotatable bonds is 6. The maximum atomic E-state index is 12.4. The standard InChI is InChI=1S/C22H24N6OS/c1-4-26(12-20-24-18-8-6-5-7-17(18)21(29)25-20)14-28-22(30)27(13-23-28)19-10-9-15(2)11-16(19)3/h5-11,13H,4,12,14H2,1-3H3,(H,24,25,29)/p+1. The first-order valence-corrected chi connectivity index (χ1v) is 10.4. The third-order valence-electron chi connectivity index (χ3n) is 5.30. The predicted octanol–water partition coefficient (Wildman–Crippen LogP) is 2.32. The lowest BCUT2D eigenvalue weighted by Crippen LogP contribution is -3.09. The molecule has 0 aliphatic carbocycles. The van der Waals surface area contributed by atoms with E-state index in [4.69, 9.17) is 12.2 Å². The maximum absolute atomic E-state index is 12.4. The molecule has 0 amide bonds. The fraction of sp³-hybridized carbons (Fsp3) is 0.273. The largest absolute Gasteiger partial charge is 0.310 e. The van der Waals surface area contributed by atoms with Crippen LogP contribution < -0.4 is 10.5 Å².